The van der Waals surface area contributed by atoms with Crippen LogP contribution in [0.3, 0.4) is 0 Å². The molecule has 2 nitrogen and oxygen atoms in total. The third kappa shape index (κ3) is 1.92. The van der Waals surface area contributed by atoms with Crippen LogP contribution in [0.4, 0.5) is 0 Å². The molecule has 0 atom stereocenters. The molecule has 1 aromatic heterocycles. The number of carbonyl (C=O) groups is 1. The predicted octanol–water partition coefficient (Wildman–Crippen LogP) is 3.31. The first-order valence-electron chi connectivity index (χ1n) is 4.57. The second kappa shape index (κ2) is 3.87. The van der Waals surface area contributed by atoms with Crippen molar-refractivity contribution in [1.82, 2.24) is 0 Å². The minimum atomic E-state index is -0.910. The highest BCUT2D eigenvalue weighted by molar-refractivity contribution is 7.20. The highest BCUT2D eigenvalue weighted by atomic mass is 32.1. The van der Waals surface area contributed by atoms with Gasteiger partial charge < -0.3 is 5.11 Å². The van der Waals surface area contributed by atoms with Crippen LogP contribution in [0.25, 0.3) is 16.2 Å². The van der Waals surface area contributed by atoms with Gasteiger partial charge in [-0.3, -0.25) is 0 Å². The van der Waals surface area contributed by atoms with Gasteiger partial charge in [-0.25, -0.2) is 4.79 Å². The van der Waals surface area contributed by atoms with Crippen molar-refractivity contribution >= 4 is 33.5 Å². The van der Waals surface area contributed by atoms with Gasteiger partial charge in [-0.15, -0.1) is 11.3 Å². The second-order valence-corrected chi connectivity index (χ2v) is 4.34. The predicted molar refractivity (Wildman–Crippen MR) is 63.2 cm³/mol. The Bertz CT molecular complexity index is 538. The summed E-state index contributed by atoms with van der Waals surface area (Å²) in [6.07, 6.45) is 2.83. The van der Waals surface area contributed by atoms with Crippen molar-refractivity contribution in [3.8, 4) is 0 Å². The van der Waals surface area contributed by atoms with Crippen LogP contribution in [-0.4, -0.2) is 11.1 Å². The lowest BCUT2D eigenvalue weighted by Gasteiger charge is -1.90. The minimum Gasteiger partial charge on any atom is -0.478 e. The third-order valence-corrected chi connectivity index (χ3v) is 3.50. The minimum absolute atomic E-state index is 0.910. The SMILES string of the molecule is Cc1c(C=CC(=O)O)sc2ccccc12. The van der Waals surface area contributed by atoms with E-state index in [1.165, 1.54) is 16.2 Å². The highest BCUT2D eigenvalue weighted by Gasteiger charge is 2.04. The fourth-order valence-corrected chi connectivity index (χ4v) is 2.61. The molecule has 0 aliphatic heterocycles. The largest absolute Gasteiger partial charge is 0.478 e. The zero-order chi connectivity index (χ0) is 10.8. The molecular formula is C12H10O2S. The molecule has 0 amide bonds. The first kappa shape index (κ1) is 9.93. The molecule has 2 rings (SSSR count). The first-order valence-corrected chi connectivity index (χ1v) is 5.39. The zero-order valence-electron chi connectivity index (χ0n) is 8.23. The number of fused-ring (bicyclic) bond motifs is 1. The Labute approximate surface area is 91.5 Å². The van der Waals surface area contributed by atoms with E-state index < -0.39 is 5.97 Å². The summed E-state index contributed by atoms with van der Waals surface area (Å²) in [6.45, 7) is 2.01. The lowest BCUT2D eigenvalue weighted by Crippen LogP contribution is -1.85. The van der Waals surface area contributed by atoms with E-state index in [2.05, 4.69) is 6.07 Å². The van der Waals surface area contributed by atoms with Crippen molar-refractivity contribution in [2.45, 2.75) is 6.92 Å². The van der Waals surface area contributed by atoms with Crippen molar-refractivity contribution in [3.05, 3.63) is 40.8 Å². The van der Waals surface area contributed by atoms with Crippen molar-refractivity contribution in [2.24, 2.45) is 0 Å². The number of aryl methyl sites for hydroxylation is 1. The quantitative estimate of drug-likeness (QED) is 0.785. The Balaban J connectivity index is 2.53. The number of thiophene rings is 1. The Morgan fingerprint density at radius 3 is 2.80 bits per heavy atom. The Morgan fingerprint density at radius 1 is 1.40 bits per heavy atom. The van der Waals surface area contributed by atoms with Crippen LogP contribution >= 0.6 is 11.3 Å². The molecule has 0 fully saturated rings. The smallest absolute Gasteiger partial charge is 0.328 e. The molecule has 0 unspecified atom stereocenters. The number of carboxylic acid groups (broad SMARTS) is 1. The molecule has 0 saturated heterocycles. The van der Waals surface area contributed by atoms with Gasteiger partial charge in [0.05, 0.1) is 0 Å². The summed E-state index contributed by atoms with van der Waals surface area (Å²) in [6, 6.07) is 8.08. The van der Waals surface area contributed by atoms with Crippen LogP contribution in [0.1, 0.15) is 10.4 Å². The van der Waals surface area contributed by atoms with Crippen LogP contribution < -0.4 is 0 Å². The van der Waals surface area contributed by atoms with E-state index in [9.17, 15) is 4.79 Å². The van der Waals surface area contributed by atoms with E-state index >= 15 is 0 Å². The van der Waals surface area contributed by atoms with Gasteiger partial charge in [0, 0.05) is 15.7 Å². The lowest BCUT2D eigenvalue weighted by atomic mass is 10.1. The number of hydrogen-bond donors (Lipinski definition) is 1. The molecule has 3 heteroatoms. The maximum atomic E-state index is 10.4. The average molecular weight is 218 g/mol. The van der Waals surface area contributed by atoms with Gasteiger partial charge in [-0.1, -0.05) is 18.2 Å². The summed E-state index contributed by atoms with van der Waals surface area (Å²) < 4.78 is 1.19. The summed E-state index contributed by atoms with van der Waals surface area (Å²) in [5.41, 5.74) is 1.15. The number of rotatable bonds is 2. The van der Waals surface area contributed by atoms with E-state index in [-0.39, 0.29) is 0 Å². The number of hydrogen-bond acceptors (Lipinski definition) is 2. The standard InChI is InChI=1S/C12H10O2S/c1-8-9-4-2-3-5-11(9)15-10(8)6-7-12(13)14/h2-7H,1H3,(H,13,14). The maximum absolute atomic E-state index is 10.4. The molecule has 1 N–H and O–H groups in total. The Hall–Kier alpha value is -1.61. The van der Waals surface area contributed by atoms with Gasteiger partial charge in [-0.2, -0.15) is 0 Å². The number of aliphatic carboxylic acids is 1. The highest BCUT2D eigenvalue weighted by Crippen LogP contribution is 2.31. The molecule has 15 heavy (non-hydrogen) atoms. The van der Waals surface area contributed by atoms with Crippen LogP contribution in [0.15, 0.2) is 30.3 Å². The molecule has 1 aromatic carbocycles. The molecule has 0 saturated carbocycles. The number of carboxylic acids is 1. The normalized spacial score (nSPS) is 11.3. The van der Waals surface area contributed by atoms with E-state index in [0.29, 0.717) is 0 Å². The summed E-state index contributed by atoms with van der Waals surface area (Å²) >= 11 is 1.62. The number of benzene rings is 1. The average Bonchev–Trinajstić information content (AvgIpc) is 2.54. The van der Waals surface area contributed by atoms with Crippen LogP contribution in [0, 0.1) is 6.92 Å². The van der Waals surface area contributed by atoms with E-state index in [1.54, 1.807) is 17.4 Å². The zero-order valence-corrected chi connectivity index (χ0v) is 9.04. The monoisotopic (exact) mass is 218 g/mol. The van der Waals surface area contributed by atoms with Crippen LogP contribution in [0.2, 0.25) is 0 Å². The lowest BCUT2D eigenvalue weighted by molar-refractivity contribution is -0.131. The maximum Gasteiger partial charge on any atom is 0.328 e. The molecule has 76 valence electrons. The summed E-state index contributed by atoms with van der Waals surface area (Å²) in [7, 11) is 0. The van der Waals surface area contributed by atoms with E-state index in [1.807, 2.05) is 25.1 Å². The fraction of sp³-hybridized carbons (Fsp3) is 0.0833. The molecule has 0 bridgehead atoms. The summed E-state index contributed by atoms with van der Waals surface area (Å²) in [4.78, 5) is 11.4. The Morgan fingerprint density at radius 2 is 2.13 bits per heavy atom. The Kier molecular flexibility index (Phi) is 2.56. The fourth-order valence-electron chi connectivity index (χ4n) is 1.50. The van der Waals surface area contributed by atoms with E-state index in [0.717, 1.165) is 10.4 Å². The van der Waals surface area contributed by atoms with Crippen LogP contribution in [0.5, 0.6) is 0 Å². The van der Waals surface area contributed by atoms with Crippen LogP contribution in [-0.2, 0) is 4.79 Å². The molecule has 0 radical (unpaired) electrons. The third-order valence-electron chi connectivity index (χ3n) is 2.26. The molecule has 1 heterocycles. The van der Waals surface area contributed by atoms with Gasteiger partial charge in [0.25, 0.3) is 0 Å². The molecule has 2 aromatic rings. The van der Waals surface area contributed by atoms with Gasteiger partial charge in [0.2, 0.25) is 0 Å². The van der Waals surface area contributed by atoms with Crippen molar-refractivity contribution < 1.29 is 9.90 Å². The second-order valence-electron chi connectivity index (χ2n) is 3.26. The molecule has 0 aliphatic rings. The molecule has 0 spiro atoms. The first-order chi connectivity index (χ1) is 7.18. The van der Waals surface area contributed by atoms with Crippen molar-refractivity contribution in [2.75, 3.05) is 0 Å². The van der Waals surface area contributed by atoms with Gasteiger partial charge in [-0.05, 0) is 30.0 Å². The van der Waals surface area contributed by atoms with Crippen molar-refractivity contribution in [3.63, 3.8) is 0 Å². The van der Waals surface area contributed by atoms with E-state index in [4.69, 9.17) is 5.11 Å². The van der Waals surface area contributed by atoms with Gasteiger partial charge >= 0.3 is 5.97 Å². The summed E-state index contributed by atoms with van der Waals surface area (Å²) in [5, 5.41) is 9.76. The molecular weight excluding hydrogens is 208 g/mol. The molecule has 0 aliphatic carbocycles. The summed E-state index contributed by atoms with van der Waals surface area (Å²) in [5.74, 6) is -0.910. The van der Waals surface area contributed by atoms with Gasteiger partial charge in [0.15, 0.2) is 0 Å². The van der Waals surface area contributed by atoms with Crippen molar-refractivity contribution in [1.29, 1.82) is 0 Å². The van der Waals surface area contributed by atoms with Gasteiger partial charge in [0.1, 0.15) is 0 Å². The topological polar surface area (TPSA) is 37.3 Å².